The van der Waals surface area contributed by atoms with Crippen molar-refractivity contribution >= 4 is 23.3 Å². The SMILES string of the molecule is Cc1cccc(C)c1NC(=O)NCc1ccc(Cl)cc1. The molecular formula is C16H17ClN2O. The summed E-state index contributed by atoms with van der Waals surface area (Å²) in [7, 11) is 0. The minimum Gasteiger partial charge on any atom is -0.334 e. The fourth-order valence-corrected chi connectivity index (χ4v) is 2.08. The van der Waals surface area contributed by atoms with E-state index in [4.69, 9.17) is 11.6 Å². The Morgan fingerprint density at radius 1 is 1.05 bits per heavy atom. The van der Waals surface area contributed by atoms with E-state index in [1.54, 1.807) is 0 Å². The van der Waals surface area contributed by atoms with Crippen molar-refractivity contribution in [2.24, 2.45) is 0 Å². The van der Waals surface area contributed by atoms with Gasteiger partial charge in [-0.25, -0.2) is 4.79 Å². The highest BCUT2D eigenvalue weighted by molar-refractivity contribution is 6.30. The molecule has 0 bridgehead atoms. The fourth-order valence-electron chi connectivity index (χ4n) is 1.95. The van der Waals surface area contributed by atoms with Crippen LogP contribution >= 0.6 is 11.6 Å². The van der Waals surface area contributed by atoms with Gasteiger partial charge < -0.3 is 10.6 Å². The lowest BCUT2D eigenvalue weighted by Gasteiger charge is -2.12. The Hall–Kier alpha value is -2.00. The minimum absolute atomic E-state index is 0.211. The molecule has 0 unspecified atom stereocenters. The molecule has 0 aromatic heterocycles. The molecule has 2 N–H and O–H groups in total. The summed E-state index contributed by atoms with van der Waals surface area (Å²) in [4.78, 5) is 11.9. The molecule has 0 spiro atoms. The van der Waals surface area contributed by atoms with Crippen molar-refractivity contribution in [1.29, 1.82) is 0 Å². The van der Waals surface area contributed by atoms with Crippen molar-refractivity contribution in [3.05, 3.63) is 64.2 Å². The molecule has 0 saturated carbocycles. The fraction of sp³-hybridized carbons (Fsp3) is 0.188. The van der Waals surface area contributed by atoms with Crippen LogP contribution in [0.3, 0.4) is 0 Å². The first-order chi connectivity index (χ1) is 9.56. The number of carbonyl (C=O) groups excluding carboxylic acids is 1. The van der Waals surface area contributed by atoms with Crippen LogP contribution in [-0.4, -0.2) is 6.03 Å². The summed E-state index contributed by atoms with van der Waals surface area (Å²) >= 11 is 5.82. The Labute approximate surface area is 124 Å². The number of anilines is 1. The lowest BCUT2D eigenvalue weighted by molar-refractivity contribution is 0.251. The van der Waals surface area contributed by atoms with Crippen LogP contribution in [-0.2, 0) is 6.54 Å². The van der Waals surface area contributed by atoms with Gasteiger partial charge in [0.05, 0.1) is 0 Å². The van der Waals surface area contributed by atoms with Gasteiger partial charge in [-0.3, -0.25) is 0 Å². The van der Waals surface area contributed by atoms with Gasteiger partial charge in [0.2, 0.25) is 0 Å². The molecule has 0 aliphatic heterocycles. The van der Waals surface area contributed by atoms with Gasteiger partial charge in [0.1, 0.15) is 0 Å². The highest BCUT2D eigenvalue weighted by Crippen LogP contribution is 2.19. The zero-order valence-corrected chi connectivity index (χ0v) is 12.3. The van der Waals surface area contributed by atoms with Gasteiger partial charge in [0.15, 0.2) is 0 Å². The molecule has 2 amide bonds. The number of nitrogens with one attached hydrogen (secondary N) is 2. The molecule has 0 heterocycles. The Morgan fingerprint density at radius 3 is 2.25 bits per heavy atom. The average molecular weight is 289 g/mol. The molecule has 0 atom stereocenters. The van der Waals surface area contributed by atoms with Crippen molar-refractivity contribution in [2.75, 3.05) is 5.32 Å². The second-order valence-corrected chi connectivity index (χ2v) is 5.14. The number of urea groups is 1. The predicted molar refractivity (Wildman–Crippen MR) is 83.2 cm³/mol. The summed E-state index contributed by atoms with van der Waals surface area (Å²) in [6, 6.07) is 13.1. The number of halogens is 1. The number of amides is 2. The van der Waals surface area contributed by atoms with Gasteiger partial charge in [0.25, 0.3) is 0 Å². The van der Waals surface area contributed by atoms with Crippen LogP contribution < -0.4 is 10.6 Å². The van der Waals surface area contributed by atoms with Gasteiger partial charge in [-0.15, -0.1) is 0 Å². The second-order valence-electron chi connectivity index (χ2n) is 4.70. The van der Waals surface area contributed by atoms with Gasteiger partial charge in [-0.2, -0.15) is 0 Å². The summed E-state index contributed by atoms with van der Waals surface area (Å²) < 4.78 is 0. The van der Waals surface area contributed by atoms with Crippen LogP contribution in [0, 0.1) is 13.8 Å². The molecule has 104 valence electrons. The summed E-state index contributed by atoms with van der Waals surface area (Å²) in [6.07, 6.45) is 0. The number of benzene rings is 2. The summed E-state index contributed by atoms with van der Waals surface area (Å²) in [6.45, 7) is 4.41. The molecule has 0 aliphatic rings. The van der Waals surface area contributed by atoms with Crippen LogP contribution in [0.1, 0.15) is 16.7 Å². The molecule has 4 heteroatoms. The van der Waals surface area contributed by atoms with E-state index < -0.39 is 0 Å². The smallest absolute Gasteiger partial charge is 0.319 e. The zero-order valence-electron chi connectivity index (χ0n) is 11.5. The van der Waals surface area contributed by atoms with E-state index in [9.17, 15) is 4.79 Å². The van der Waals surface area contributed by atoms with E-state index in [1.165, 1.54) is 0 Å². The average Bonchev–Trinajstić information content (AvgIpc) is 2.42. The van der Waals surface area contributed by atoms with E-state index in [2.05, 4.69) is 10.6 Å². The van der Waals surface area contributed by atoms with Crippen LogP contribution in [0.2, 0.25) is 5.02 Å². The quantitative estimate of drug-likeness (QED) is 0.869. The Balaban J connectivity index is 1.94. The first-order valence-corrected chi connectivity index (χ1v) is 6.79. The molecule has 0 fully saturated rings. The van der Waals surface area contributed by atoms with E-state index in [-0.39, 0.29) is 6.03 Å². The van der Waals surface area contributed by atoms with Crippen molar-refractivity contribution in [3.8, 4) is 0 Å². The van der Waals surface area contributed by atoms with E-state index in [1.807, 2.05) is 56.3 Å². The Morgan fingerprint density at radius 2 is 1.65 bits per heavy atom. The Bertz CT molecular complexity index is 588. The number of hydrogen-bond donors (Lipinski definition) is 2. The van der Waals surface area contributed by atoms with Gasteiger partial charge in [-0.1, -0.05) is 41.9 Å². The zero-order chi connectivity index (χ0) is 14.5. The number of para-hydroxylation sites is 1. The molecular weight excluding hydrogens is 272 g/mol. The predicted octanol–water partition coefficient (Wildman–Crippen LogP) is 4.28. The summed E-state index contributed by atoms with van der Waals surface area (Å²) in [5, 5.41) is 6.40. The molecule has 0 aliphatic carbocycles. The van der Waals surface area contributed by atoms with Crippen molar-refractivity contribution in [3.63, 3.8) is 0 Å². The summed E-state index contributed by atoms with van der Waals surface area (Å²) in [5.74, 6) is 0. The molecule has 0 radical (unpaired) electrons. The topological polar surface area (TPSA) is 41.1 Å². The lowest BCUT2D eigenvalue weighted by atomic mass is 10.1. The normalized spacial score (nSPS) is 10.2. The van der Waals surface area contributed by atoms with Crippen molar-refractivity contribution < 1.29 is 4.79 Å². The minimum atomic E-state index is -0.211. The number of hydrogen-bond acceptors (Lipinski definition) is 1. The standard InChI is InChI=1S/C16H17ClN2O/c1-11-4-3-5-12(2)15(11)19-16(20)18-10-13-6-8-14(17)9-7-13/h3-9H,10H2,1-2H3,(H2,18,19,20). The van der Waals surface area contributed by atoms with Gasteiger partial charge in [-0.05, 0) is 42.7 Å². The van der Waals surface area contributed by atoms with E-state index >= 15 is 0 Å². The molecule has 2 aromatic rings. The third-order valence-corrected chi connectivity index (χ3v) is 3.34. The first kappa shape index (κ1) is 14.4. The Kier molecular flexibility index (Phi) is 4.64. The maximum Gasteiger partial charge on any atom is 0.319 e. The third-order valence-electron chi connectivity index (χ3n) is 3.09. The maximum absolute atomic E-state index is 11.9. The van der Waals surface area contributed by atoms with Gasteiger partial charge in [0, 0.05) is 17.3 Å². The third kappa shape index (κ3) is 3.75. The molecule has 0 saturated heterocycles. The second kappa shape index (κ2) is 6.44. The number of aryl methyl sites for hydroxylation is 2. The highest BCUT2D eigenvalue weighted by Gasteiger charge is 2.06. The lowest BCUT2D eigenvalue weighted by Crippen LogP contribution is -2.28. The maximum atomic E-state index is 11.9. The largest absolute Gasteiger partial charge is 0.334 e. The van der Waals surface area contributed by atoms with Crippen LogP contribution in [0.5, 0.6) is 0 Å². The first-order valence-electron chi connectivity index (χ1n) is 6.42. The van der Waals surface area contributed by atoms with Crippen molar-refractivity contribution in [1.82, 2.24) is 5.32 Å². The molecule has 2 rings (SSSR count). The number of rotatable bonds is 3. The van der Waals surface area contributed by atoms with Crippen LogP contribution in [0.4, 0.5) is 10.5 Å². The molecule has 20 heavy (non-hydrogen) atoms. The monoisotopic (exact) mass is 288 g/mol. The van der Waals surface area contributed by atoms with Crippen LogP contribution in [0.15, 0.2) is 42.5 Å². The van der Waals surface area contributed by atoms with E-state index in [0.717, 1.165) is 22.4 Å². The highest BCUT2D eigenvalue weighted by atomic mass is 35.5. The molecule has 2 aromatic carbocycles. The van der Waals surface area contributed by atoms with Crippen molar-refractivity contribution in [2.45, 2.75) is 20.4 Å². The molecule has 3 nitrogen and oxygen atoms in total. The van der Waals surface area contributed by atoms with E-state index in [0.29, 0.717) is 11.6 Å². The summed E-state index contributed by atoms with van der Waals surface area (Å²) in [5.41, 5.74) is 3.96. The number of carbonyl (C=O) groups is 1. The van der Waals surface area contributed by atoms with Crippen LogP contribution in [0.25, 0.3) is 0 Å². The van der Waals surface area contributed by atoms with Gasteiger partial charge >= 0.3 is 6.03 Å².